The number of sulfone groups is 1. The first-order valence-electron chi connectivity index (χ1n) is 9.68. The van der Waals surface area contributed by atoms with Crippen molar-refractivity contribution in [2.45, 2.75) is 49.5 Å². The number of rotatable bonds is 7. The number of nitrogens with one attached hydrogen (secondary N) is 1. The molecule has 3 rings (SSSR count). The SMILES string of the molecule is CC(CCn1ccc(-c2ccc(C3CC(O)C3)cc2)cc1=O)(C(=O)NO)S(C)(=O)=O. The lowest BCUT2D eigenvalue weighted by molar-refractivity contribution is -0.131. The minimum Gasteiger partial charge on any atom is -0.393 e. The third-order valence-corrected chi connectivity index (χ3v) is 8.08. The fraction of sp³-hybridized carbons (Fsp3) is 0.429. The zero-order chi connectivity index (χ0) is 22.1. The molecule has 1 aliphatic carbocycles. The van der Waals surface area contributed by atoms with Gasteiger partial charge in [-0.25, -0.2) is 13.9 Å². The summed E-state index contributed by atoms with van der Waals surface area (Å²) in [6.07, 6.45) is 3.65. The first kappa shape index (κ1) is 22.2. The Balaban J connectivity index is 1.75. The lowest BCUT2D eigenvalue weighted by Crippen LogP contribution is -2.49. The molecule has 0 bridgehead atoms. The first-order valence-corrected chi connectivity index (χ1v) is 11.6. The first-order chi connectivity index (χ1) is 14.0. The fourth-order valence-corrected chi connectivity index (χ4v) is 4.44. The van der Waals surface area contributed by atoms with Crippen molar-refractivity contribution < 1.29 is 23.5 Å². The molecule has 1 aromatic heterocycles. The number of hydrogen-bond acceptors (Lipinski definition) is 6. The highest BCUT2D eigenvalue weighted by atomic mass is 32.2. The summed E-state index contributed by atoms with van der Waals surface area (Å²) in [7, 11) is -3.83. The van der Waals surface area contributed by atoms with Crippen LogP contribution in [0.5, 0.6) is 0 Å². The Hall–Kier alpha value is -2.49. The van der Waals surface area contributed by atoms with Crippen LogP contribution in [0.15, 0.2) is 47.4 Å². The van der Waals surface area contributed by atoms with Crippen molar-refractivity contribution in [2.75, 3.05) is 6.26 Å². The number of aliphatic hydroxyl groups excluding tert-OH is 1. The van der Waals surface area contributed by atoms with Gasteiger partial charge in [0.15, 0.2) is 14.6 Å². The molecular formula is C21H26N2O6S. The van der Waals surface area contributed by atoms with Gasteiger partial charge in [0.05, 0.1) is 6.10 Å². The summed E-state index contributed by atoms with van der Waals surface area (Å²) < 4.78 is 23.6. The molecule has 2 aromatic rings. The Morgan fingerprint density at radius 3 is 2.33 bits per heavy atom. The summed E-state index contributed by atoms with van der Waals surface area (Å²) in [4.78, 5) is 24.4. The van der Waals surface area contributed by atoms with Gasteiger partial charge in [-0.15, -0.1) is 0 Å². The fourth-order valence-electron chi connectivity index (χ4n) is 3.60. The molecule has 1 heterocycles. The van der Waals surface area contributed by atoms with Gasteiger partial charge in [-0.1, -0.05) is 24.3 Å². The molecule has 1 unspecified atom stereocenters. The number of aromatic nitrogens is 1. The number of carbonyl (C=O) groups is 1. The smallest absolute Gasteiger partial charge is 0.264 e. The second kappa shape index (κ2) is 8.33. The number of nitrogens with zero attached hydrogens (tertiary/aromatic N) is 1. The average molecular weight is 435 g/mol. The van der Waals surface area contributed by atoms with Crippen LogP contribution in [0.1, 0.15) is 37.7 Å². The van der Waals surface area contributed by atoms with Crippen molar-refractivity contribution in [3.63, 3.8) is 0 Å². The molecule has 9 heteroatoms. The van der Waals surface area contributed by atoms with Crippen LogP contribution in [-0.2, 0) is 21.2 Å². The zero-order valence-corrected chi connectivity index (χ0v) is 17.7. The zero-order valence-electron chi connectivity index (χ0n) is 16.9. The molecule has 0 radical (unpaired) electrons. The van der Waals surface area contributed by atoms with Gasteiger partial charge in [0, 0.05) is 25.1 Å². The van der Waals surface area contributed by atoms with E-state index in [0.29, 0.717) is 5.92 Å². The van der Waals surface area contributed by atoms with E-state index in [1.165, 1.54) is 28.6 Å². The molecule has 1 aromatic carbocycles. The van der Waals surface area contributed by atoms with Crippen molar-refractivity contribution in [1.29, 1.82) is 0 Å². The number of aliphatic hydroxyl groups is 1. The van der Waals surface area contributed by atoms with Crippen molar-refractivity contribution in [2.24, 2.45) is 0 Å². The number of pyridine rings is 1. The van der Waals surface area contributed by atoms with E-state index in [4.69, 9.17) is 5.21 Å². The summed E-state index contributed by atoms with van der Waals surface area (Å²) >= 11 is 0. The van der Waals surface area contributed by atoms with E-state index in [-0.39, 0.29) is 24.6 Å². The maximum atomic E-state index is 12.5. The van der Waals surface area contributed by atoms with Crippen LogP contribution in [0, 0.1) is 0 Å². The molecule has 3 N–H and O–H groups in total. The predicted octanol–water partition coefficient (Wildman–Crippen LogP) is 1.45. The lowest BCUT2D eigenvalue weighted by atomic mass is 9.77. The van der Waals surface area contributed by atoms with Gasteiger partial charge in [0.2, 0.25) is 0 Å². The number of benzene rings is 1. The second-order valence-corrected chi connectivity index (χ2v) is 10.5. The standard InChI is InChI=1S/C21H26N2O6S/c1-21(20(26)22-27,30(2,28)29)8-10-23-9-7-16(13-19(23)25)14-3-5-15(6-4-14)17-11-18(24)12-17/h3-7,9,13,17-18,24,27H,8,10-12H2,1-2H3,(H,22,26). The van der Waals surface area contributed by atoms with Crippen LogP contribution < -0.4 is 11.0 Å². The van der Waals surface area contributed by atoms with E-state index >= 15 is 0 Å². The Labute approximate surface area is 175 Å². The maximum Gasteiger partial charge on any atom is 0.264 e. The number of hydrogen-bond donors (Lipinski definition) is 3. The van der Waals surface area contributed by atoms with Crippen LogP contribution in [0.3, 0.4) is 0 Å². The number of amides is 1. The van der Waals surface area contributed by atoms with Gasteiger partial charge in [-0.05, 0) is 54.9 Å². The van der Waals surface area contributed by atoms with Crippen LogP contribution in [-0.4, -0.2) is 46.3 Å². The maximum absolute atomic E-state index is 12.5. The number of carbonyl (C=O) groups excluding carboxylic acids is 1. The van der Waals surface area contributed by atoms with Crippen LogP contribution in [0.2, 0.25) is 0 Å². The minimum absolute atomic E-state index is 0.000945. The number of aryl methyl sites for hydroxylation is 1. The highest BCUT2D eigenvalue weighted by molar-refractivity contribution is 7.92. The molecule has 162 valence electrons. The summed E-state index contributed by atoms with van der Waals surface area (Å²) in [5.74, 6) is -0.656. The predicted molar refractivity (Wildman–Crippen MR) is 112 cm³/mol. The monoisotopic (exact) mass is 434 g/mol. The number of hydroxylamine groups is 1. The molecule has 1 aliphatic rings. The molecule has 1 atom stereocenters. The highest BCUT2D eigenvalue weighted by Crippen LogP contribution is 2.37. The summed E-state index contributed by atoms with van der Waals surface area (Å²) in [6.45, 7) is 1.22. The van der Waals surface area contributed by atoms with Gasteiger partial charge in [-0.3, -0.25) is 14.8 Å². The third kappa shape index (κ3) is 4.33. The topological polar surface area (TPSA) is 126 Å². The molecule has 1 fully saturated rings. The van der Waals surface area contributed by atoms with Crippen molar-refractivity contribution in [3.05, 3.63) is 58.5 Å². The van der Waals surface area contributed by atoms with Crippen molar-refractivity contribution in [1.82, 2.24) is 10.0 Å². The van der Waals surface area contributed by atoms with E-state index < -0.39 is 20.5 Å². The van der Waals surface area contributed by atoms with Gasteiger partial charge in [0.1, 0.15) is 0 Å². The van der Waals surface area contributed by atoms with Crippen LogP contribution in [0.25, 0.3) is 11.1 Å². The molecule has 30 heavy (non-hydrogen) atoms. The van der Waals surface area contributed by atoms with E-state index in [1.807, 2.05) is 24.3 Å². The molecular weight excluding hydrogens is 408 g/mol. The highest BCUT2D eigenvalue weighted by Gasteiger charge is 2.43. The molecule has 8 nitrogen and oxygen atoms in total. The molecule has 0 spiro atoms. The van der Waals surface area contributed by atoms with Crippen LogP contribution in [0.4, 0.5) is 0 Å². The molecule has 0 aliphatic heterocycles. The molecule has 1 saturated carbocycles. The Bertz CT molecular complexity index is 1090. The largest absolute Gasteiger partial charge is 0.393 e. The second-order valence-electron chi connectivity index (χ2n) is 8.09. The average Bonchev–Trinajstić information content (AvgIpc) is 2.69. The summed E-state index contributed by atoms with van der Waals surface area (Å²) in [5.41, 5.74) is 3.85. The van der Waals surface area contributed by atoms with Crippen molar-refractivity contribution in [3.8, 4) is 11.1 Å². The van der Waals surface area contributed by atoms with Gasteiger partial charge >= 0.3 is 0 Å². The Morgan fingerprint density at radius 1 is 1.20 bits per heavy atom. The minimum atomic E-state index is -3.83. The quantitative estimate of drug-likeness (QED) is 0.447. The van der Waals surface area contributed by atoms with Gasteiger partial charge < -0.3 is 9.67 Å². The van der Waals surface area contributed by atoms with Crippen molar-refractivity contribution >= 4 is 15.7 Å². The van der Waals surface area contributed by atoms with Gasteiger partial charge in [0.25, 0.3) is 11.5 Å². The molecule has 1 amide bonds. The summed E-state index contributed by atoms with van der Waals surface area (Å²) in [6, 6.07) is 11.1. The third-order valence-electron chi connectivity index (χ3n) is 6.05. The molecule has 0 saturated heterocycles. The summed E-state index contributed by atoms with van der Waals surface area (Å²) in [5, 5.41) is 18.3. The van der Waals surface area contributed by atoms with E-state index in [1.54, 1.807) is 12.3 Å². The van der Waals surface area contributed by atoms with E-state index in [0.717, 1.165) is 30.2 Å². The van der Waals surface area contributed by atoms with E-state index in [2.05, 4.69) is 0 Å². The normalized spacial score (nSPS) is 20.8. The van der Waals surface area contributed by atoms with Gasteiger partial charge in [-0.2, -0.15) is 0 Å². The van der Waals surface area contributed by atoms with E-state index in [9.17, 15) is 23.1 Å². The van der Waals surface area contributed by atoms with Crippen LogP contribution >= 0.6 is 0 Å². The Kier molecular flexibility index (Phi) is 6.16. The lowest BCUT2D eigenvalue weighted by Gasteiger charge is -2.31. The Morgan fingerprint density at radius 2 is 1.83 bits per heavy atom.